The second-order valence-electron chi connectivity index (χ2n) is 33.0. The van der Waals surface area contributed by atoms with Crippen LogP contribution >= 0.6 is 0 Å². The molecular formula is C88H94N4O. The number of ether oxygens (including phenoxy) is 1. The summed E-state index contributed by atoms with van der Waals surface area (Å²) in [6.45, 7) is 41.7. The van der Waals surface area contributed by atoms with Crippen molar-refractivity contribution in [2.45, 2.75) is 181 Å². The van der Waals surface area contributed by atoms with Crippen LogP contribution in [0.15, 0.2) is 200 Å². The molecule has 3 heterocycles. The van der Waals surface area contributed by atoms with Gasteiger partial charge in [-0.1, -0.05) is 251 Å². The van der Waals surface area contributed by atoms with E-state index >= 15 is 0 Å². The fourth-order valence-electron chi connectivity index (χ4n) is 15.8. The molecule has 0 N–H and O–H groups in total. The Balaban J connectivity index is 0.902. The molecule has 5 nitrogen and oxygen atoms in total. The number of aromatic nitrogens is 2. The largest absolute Gasteiger partial charge is 0.457 e. The van der Waals surface area contributed by atoms with E-state index in [2.05, 4.69) is 332 Å². The molecule has 9 aromatic carbocycles. The molecule has 0 spiro atoms. The van der Waals surface area contributed by atoms with Gasteiger partial charge in [-0.05, 0) is 179 Å². The van der Waals surface area contributed by atoms with E-state index in [1.54, 1.807) is 0 Å². The monoisotopic (exact) mass is 1220 g/mol. The van der Waals surface area contributed by atoms with Gasteiger partial charge in [0, 0.05) is 51.5 Å². The van der Waals surface area contributed by atoms with Gasteiger partial charge in [-0.2, -0.15) is 0 Å². The van der Waals surface area contributed by atoms with Crippen LogP contribution < -0.4 is 14.5 Å². The SMILES string of the molecule is CC(C)(C)c1cc(-c2cccc(-c3ccccc3)c2N2CN(c3cccc(Oc4ccc5c6c(-c7ccccc7)cccc6n(-c6cc(C(C)(C)C)c(-c7c8c(cc9c7C(C)(C)CCC9(C)C)C(C)(C)CCC8(C)C)cn6)c5c4)c3)c3ccccc32)cc(C(C)(C)C)c1. The molecule has 5 heteroatoms. The van der Waals surface area contributed by atoms with Crippen LogP contribution in [-0.4, -0.2) is 16.2 Å². The molecule has 0 fully saturated rings. The molecule has 2 aromatic heterocycles. The van der Waals surface area contributed by atoms with E-state index < -0.39 is 0 Å². The summed E-state index contributed by atoms with van der Waals surface area (Å²) in [6.07, 6.45) is 6.89. The molecule has 14 rings (SSSR count). The molecule has 0 unspecified atom stereocenters. The number of nitrogens with zero attached hydrogens (tertiary/aromatic N) is 4. The van der Waals surface area contributed by atoms with Crippen molar-refractivity contribution in [1.82, 2.24) is 9.55 Å². The highest BCUT2D eigenvalue weighted by atomic mass is 16.5. The Hall–Kier alpha value is -8.67. The fraction of sp³-hybridized carbons (Fsp3) is 0.330. The van der Waals surface area contributed by atoms with Crippen LogP contribution in [0.4, 0.5) is 22.7 Å². The Morgan fingerprint density at radius 3 is 1.52 bits per heavy atom. The van der Waals surface area contributed by atoms with Gasteiger partial charge in [-0.15, -0.1) is 0 Å². The minimum Gasteiger partial charge on any atom is -0.457 e. The summed E-state index contributed by atoms with van der Waals surface area (Å²) < 4.78 is 9.59. The van der Waals surface area contributed by atoms with Crippen LogP contribution in [0.5, 0.6) is 11.5 Å². The van der Waals surface area contributed by atoms with Gasteiger partial charge in [0.25, 0.3) is 0 Å². The van der Waals surface area contributed by atoms with E-state index in [1.165, 1.54) is 107 Å². The molecule has 0 saturated heterocycles. The Kier molecular flexibility index (Phi) is 14.6. The zero-order valence-corrected chi connectivity index (χ0v) is 58.3. The normalized spacial score (nSPS) is 16.5. The summed E-state index contributed by atoms with van der Waals surface area (Å²) in [7, 11) is 0. The van der Waals surface area contributed by atoms with Crippen molar-refractivity contribution in [2.24, 2.45) is 0 Å². The standard InChI is InChI=1S/C88H94N4O/c1-82(2,3)59-47-58(48-60(49-59)83(4,5)6)66-37-27-36-65(57-31-22-19-23-32-57)81(66)91-55-90(72-38-24-25-39-73(72)91)61-33-26-34-62(50-61)93-63-41-42-67-75(51-63)92(74-40-28-35-64(77(67)74)56-29-20-18-21-30-56)76-53-69(84(7,8)9)68(54-89-76)78-79-70(85(10,11)43-45-87(79,14)15)52-71-80(78)88(16,17)46-44-86(71,12)13/h18-42,47-54H,43-46,55H2,1-17H3. The molecule has 0 radical (unpaired) electrons. The van der Waals surface area contributed by atoms with Crippen LogP contribution in [0.1, 0.15) is 182 Å². The molecular weight excluding hydrogens is 1130 g/mol. The number of rotatable bonds is 9. The predicted octanol–water partition coefficient (Wildman–Crippen LogP) is 24.5. The van der Waals surface area contributed by atoms with Crippen LogP contribution in [0.3, 0.4) is 0 Å². The Labute approximate surface area is 554 Å². The smallest absolute Gasteiger partial charge is 0.137 e. The third-order valence-corrected chi connectivity index (χ3v) is 21.4. The summed E-state index contributed by atoms with van der Waals surface area (Å²) in [5.41, 5.74) is 26.4. The molecule has 0 bridgehead atoms. The van der Waals surface area contributed by atoms with Gasteiger partial charge >= 0.3 is 0 Å². The minimum absolute atomic E-state index is 0.0218. The molecule has 0 amide bonds. The lowest BCUT2D eigenvalue weighted by Crippen LogP contribution is -2.40. The average Bonchev–Trinajstić information content (AvgIpc) is 1.53. The number of hydrogen-bond acceptors (Lipinski definition) is 4. The first-order valence-corrected chi connectivity index (χ1v) is 34.1. The van der Waals surface area contributed by atoms with Crippen molar-refractivity contribution in [3.05, 3.63) is 239 Å². The zero-order chi connectivity index (χ0) is 65.5. The number of hydrogen-bond donors (Lipinski definition) is 0. The number of fused-ring (bicyclic) bond motifs is 6. The van der Waals surface area contributed by atoms with Crippen molar-refractivity contribution < 1.29 is 4.74 Å². The van der Waals surface area contributed by atoms with E-state index in [-0.39, 0.29) is 37.9 Å². The maximum Gasteiger partial charge on any atom is 0.137 e. The minimum atomic E-state index is -0.229. The maximum atomic E-state index is 7.18. The quantitative estimate of drug-likeness (QED) is 0.144. The first-order chi connectivity index (χ1) is 44.0. The van der Waals surface area contributed by atoms with Gasteiger partial charge in [0.1, 0.15) is 24.0 Å². The van der Waals surface area contributed by atoms with Gasteiger partial charge in [0.05, 0.1) is 28.1 Å². The summed E-state index contributed by atoms with van der Waals surface area (Å²) in [4.78, 5) is 10.7. The third kappa shape index (κ3) is 10.8. The lowest BCUT2D eigenvalue weighted by molar-refractivity contribution is 0.314. The lowest BCUT2D eigenvalue weighted by Gasteiger charge is -2.50. The van der Waals surface area contributed by atoms with Crippen LogP contribution in [0, 0.1) is 0 Å². The summed E-state index contributed by atoms with van der Waals surface area (Å²) in [6, 6.07) is 72.0. The number of anilines is 4. The lowest BCUT2D eigenvalue weighted by atomic mass is 9.54. The van der Waals surface area contributed by atoms with Gasteiger partial charge in [-0.25, -0.2) is 4.98 Å². The van der Waals surface area contributed by atoms with E-state index in [0.29, 0.717) is 6.67 Å². The topological polar surface area (TPSA) is 33.5 Å². The first kappa shape index (κ1) is 61.8. The average molecular weight is 1220 g/mol. The Morgan fingerprint density at radius 1 is 0.409 bits per heavy atom. The van der Waals surface area contributed by atoms with Crippen LogP contribution in [0.25, 0.3) is 72.1 Å². The summed E-state index contributed by atoms with van der Waals surface area (Å²) >= 11 is 0. The number of pyridine rings is 1. The van der Waals surface area contributed by atoms with E-state index in [4.69, 9.17) is 9.72 Å². The number of para-hydroxylation sites is 3. The Morgan fingerprint density at radius 2 is 0.925 bits per heavy atom. The predicted molar refractivity (Wildman–Crippen MR) is 396 cm³/mol. The van der Waals surface area contributed by atoms with Crippen molar-refractivity contribution >= 4 is 44.6 Å². The van der Waals surface area contributed by atoms with Gasteiger partial charge in [0.15, 0.2) is 0 Å². The van der Waals surface area contributed by atoms with Crippen molar-refractivity contribution in [3.63, 3.8) is 0 Å². The first-order valence-electron chi connectivity index (χ1n) is 34.1. The summed E-state index contributed by atoms with van der Waals surface area (Å²) in [5.74, 6) is 2.42. The third-order valence-electron chi connectivity index (χ3n) is 21.4. The van der Waals surface area contributed by atoms with Crippen molar-refractivity contribution in [2.75, 3.05) is 16.5 Å². The van der Waals surface area contributed by atoms with E-state index in [1.807, 2.05) is 0 Å². The van der Waals surface area contributed by atoms with Gasteiger partial charge < -0.3 is 14.5 Å². The molecule has 11 aromatic rings. The second kappa shape index (κ2) is 22.0. The highest BCUT2D eigenvalue weighted by molar-refractivity contribution is 6.16. The molecule has 472 valence electrons. The molecule has 0 saturated carbocycles. The molecule has 93 heavy (non-hydrogen) atoms. The van der Waals surface area contributed by atoms with E-state index in [9.17, 15) is 0 Å². The van der Waals surface area contributed by atoms with Gasteiger partial charge in [0.2, 0.25) is 0 Å². The molecule has 3 aliphatic rings. The summed E-state index contributed by atoms with van der Waals surface area (Å²) in [5, 5.41) is 2.34. The maximum absolute atomic E-state index is 7.18. The van der Waals surface area contributed by atoms with Crippen LogP contribution in [-0.2, 0) is 37.9 Å². The van der Waals surface area contributed by atoms with Gasteiger partial charge in [-0.3, -0.25) is 4.57 Å². The highest BCUT2D eigenvalue weighted by Gasteiger charge is 2.47. The van der Waals surface area contributed by atoms with E-state index in [0.717, 1.165) is 63.6 Å². The fourth-order valence-corrected chi connectivity index (χ4v) is 15.8. The highest BCUT2D eigenvalue weighted by Crippen LogP contribution is 2.59. The number of benzene rings is 9. The molecule has 2 aliphatic carbocycles. The zero-order valence-electron chi connectivity index (χ0n) is 58.3. The van der Waals surface area contributed by atoms with Crippen molar-refractivity contribution in [3.8, 4) is 61.8 Å². The Bertz CT molecular complexity index is 4660. The second-order valence-corrected chi connectivity index (χ2v) is 33.0. The molecule has 1 aliphatic heterocycles. The molecule has 0 atom stereocenters. The van der Waals surface area contributed by atoms with Crippen molar-refractivity contribution in [1.29, 1.82) is 0 Å². The van der Waals surface area contributed by atoms with Crippen LogP contribution in [0.2, 0.25) is 0 Å².